The van der Waals surface area contributed by atoms with Crippen LogP contribution in [0.25, 0.3) is 10.8 Å². The number of hydrogen-bond acceptors (Lipinski definition) is 7. The Hall–Kier alpha value is -2.45. The fourth-order valence-electron chi connectivity index (χ4n) is 3.85. The van der Waals surface area contributed by atoms with Crippen molar-refractivity contribution in [3.63, 3.8) is 0 Å². The van der Waals surface area contributed by atoms with Gasteiger partial charge in [0.25, 0.3) is 22.9 Å². The van der Waals surface area contributed by atoms with E-state index in [0.29, 0.717) is 34.5 Å². The maximum atomic E-state index is 12.4. The van der Waals surface area contributed by atoms with E-state index < -0.39 is 0 Å². The Morgan fingerprint density at radius 2 is 1.97 bits per heavy atom. The number of fused-ring (bicyclic) bond motifs is 2. The fourth-order valence-corrected chi connectivity index (χ4v) is 5.66. The Morgan fingerprint density at radius 1 is 1.21 bits per heavy atom. The first-order valence-corrected chi connectivity index (χ1v) is 11.4. The molecule has 1 aliphatic heterocycles. The zero-order valence-electron chi connectivity index (χ0n) is 15.9. The normalized spacial score (nSPS) is 18.2. The molecule has 29 heavy (non-hydrogen) atoms. The summed E-state index contributed by atoms with van der Waals surface area (Å²) >= 11 is 3.10. The van der Waals surface area contributed by atoms with Crippen LogP contribution >= 0.6 is 23.1 Å². The van der Waals surface area contributed by atoms with Gasteiger partial charge in [-0.1, -0.05) is 30.8 Å². The molecule has 1 unspecified atom stereocenters. The van der Waals surface area contributed by atoms with Gasteiger partial charge in [-0.25, -0.2) is 0 Å². The van der Waals surface area contributed by atoms with E-state index in [2.05, 4.69) is 23.2 Å². The van der Waals surface area contributed by atoms with Crippen LogP contribution in [-0.4, -0.2) is 39.2 Å². The number of aromatic nitrogens is 2. The summed E-state index contributed by atoms with van der Waals surface area (Å²) in [6.07, 6.45) is 3.47. The number of carbonyl (C=O) groups is 2. The van der Waals surface area contributed by atoms with Crippen molar-refractivity contribution in [3.8, 4) is 10.8 Å². The van der Waals surface area contributed by atoms with Gasteiger partial charge >= 0.3 is 0 Å². The van der Waals surface area contributed by atoms with Crippen LogP contribution in [0.3, 0.4) is 0 Å². The molecule has 1 aromatic carbocycles. The van der Waals surface area contributed by atoms with Crippen molar-refractivity contribution in [2.45, 2.75) is 31.4 Å². The molecule has 3 heterocycles. The highest BCUT2D eigenvalue weighted by Crippen LogP contribution is 2.37. The van der Waals surface area contributed by atoms with Crippen LogP contribution in [0.2, 0.25) is 0 Å². The van der Waals surface area contributed by atoms with Gasteiger partial charge in [-0.05, 0) is 48.9 Å². The average molecular weight is 426 g/mol. The maximum absolute atomic E-state index is 12.4. The van der Waals surface area contributed by atoms with E-state index in [1.165, 1.54) is 33.5 Å². The van der Waals surface area contributed by atoms with Crippen LogP contribution in [0.15, 0.2) is 40.0 Å². The van der Waals surface area contributed by atoms with Gasteiger partial charge in [0.05, 0.1) is 16.0 Å². The molecular formula is C21H19N3O3S2. The van der Waals surface area contributed by atoms with Crippen LogP contribution in [0.1, 0.15) is 44.5 Å². The molecule has 1 atom stereocenters. The maximum Gasteiger partial charge on any atom is 0.276 e. The quantitative estimate of drug-likeness (QED) is 0.448. The predicted molar refractivity (Wildman–Crippen MR) is 111 cm³/mol. The minimum atomic E-state index is -0.240. The number of benzene rings is 1. The number of carbonyl (C=O) groups excluding carboxylic acids is 2. The molecular weight excluding hydrogens is 406 g/mol. The van der Waals surface area contributed by atoms with Crippen molar-refractivity contribution in [1.82, 2.24) is 15.1 Å². The van der Waals surface area contributed by atoms with Gasteiger partial charge in [-0.2, -0.15) is 0 Å². The Morgan fingerprint density at radius 3 is 2.72 bits per heavy atom. The molecule has 0 fully saturated rings. The standard InChI is InChI=1S/C21H19N3O3S2/c1-12-6-7-16-13(10-12)11-17(29-16)18-22-23-21(27-18)28-9-8-24-19(25)14-4-2-3-5-15(14)20(24)26/h2-5,11-12H,6-10H2,1H3. The van der Waals surface area contributed by atoms with Gasteiger partial charge in [0.2, 0.25) is 0 Å². The third-order valence-electron chi connectivity index (χ3n) is 5.37. The first-order chi connectivity index (χ1) is 14.1. The first kappa shape index (κ1) is 18.6. The number of imide groups is 1. The minimum absolute atomic E-state index is 0.240. The highest BCUT2D eigenvalue weighted by atomic mass is 32.2. The molecule has 0 N–H and O–H groups in total. The first-order valence-electron chi connectivity index (χ1n) is 9.63. The molecule has 2 aliphatic rings. The van der Waals surface area contributed by atoms with Crippen molar-refractivity contribution in [3.05, 3.63) is 51.9 Å². The number of amides is 2. The summed E-state index contributed by atoms with van der Waals surface area (Å²) in [4.78, 5) is 28.5. The number of hydrogen-bond donors (Lipinski definition) is 0. The number of thioether (sulfide) groups is 1. The molecule has 5 rings (SSSR count). The molecule has 2 aromatic heterocycles. The van der Waals surface area contributed by atoms with Gasteiger partial charge in [0.15, 0.2) is 0 Å². The van der Waals surface area contributed by atoms with Gasteiger partial charge < -0.3 is 4.42 Å². The summed E-state index contributed by atoms with van der Waals surface area (Å²) < 4.78 is 5.82. The molecule has 148 valence electrons. The predicted octanol–water partition coefficient (Wildman–Crippen LogP) is 4.31. The van der Waals surface area contributed by atoms with Gasteiger partial charge in [0, 0.05) is 17.2 Å². The number of rotatable bonds is 5. The second-order valence-electron chi connectivity index (χ2n) is 7.44. The monoisotopic (exact) mass is 425 g/mol. The van der Waals surface area contributed by atoms with Crippen LogP contribution in [-0.2, 0) is 12.8 Å². The lowest BCUT2D eigenvalue weighted by atomic mass is 9.90. The average Bonchev–Trinajstić information content (AvgIpc) is 3.41. The molecule has 0 radical (unpaired) electrons. The molecule has 6 nitrogen and oxygen atoms in total. The third-order valence-corrected chi connectivity index (χ3v) is 7.39. The zero-order valence-corrected chi connectivity index (χ0v) is 17.5. The number of nitrogens with zero attached hydrogens (tertiary/aromatic N) is 3. The summed E-state index contributed by atoms with van der Waals surface area (Å²) in [5.74, 6) is 1.29. The van der Waals surface area contributed by atoms with E-state index in [4.69, 9.17) is 4.42 Å². The third kappa shape index (κ3) is 3.40. The van der Waals surface area contributed by atoms with Crippen molar-refractivity contribution < 1.29 is 14.0 Å². The Balaban J connectivity index is 1.22. The molecule has 0 saturated carbocycles. The SMILES string of the molecule is CC1CCc2sc(-c3nnc(SCCN4C(=O)c5ccccc5C4=O)o3)cc2C1. The van der Waals surface area contributed by atoms with E-state index in [1.807, 2.05) is 0 Å². The van der Waals surface area contributed by atoms with E-state index in [1.54, 1.807) is 35.6 Å². The molecule has 2 amide bonds. The van der Waals surface area contributed by atoms with E-state index in [9.17, 15) is 9.59 Å². The topological polar surface area (TPSA) is 76.3 Å². The second kappa shape index (κ2) is 7.42. The Kier molecular flexibility index (Phi) is 4.75. The van der Waals surface area contributed by atoms with Gasteiger partial charge in [-0.3, -0.25) is 14.5 Å². The number of aryl methyl sites for hydroxylation is 1. The second-order valence-corrected chi connectivity index (χ2v) is 9.62. The lowest BCUT2D eigenvalue weighted by molar-refractivity contribution is 0.0664. The van der Waals surface area contributed by atoms with Crippen molar-refractivity contribution in [1.29, 1.82) is 0 Å². The lowest BCUT2D eigenvalue weighted by Gasteiger charge is -2.16. The van der Waals surface area contributed by atoms with E-state index >= 15 is 0 Å². The fraction of sp³-hybridized carbons (Fsp3) is 0.333. The van der Waals surface area contributed by atoms with Crippen LogP contribution in [0, 0.1) is 5.92 Å². The largest absolute Gasteiger partial charge is 0.410 e. The number of thiophene rings is 1. The summed E-state index contributed by atoms with van der Waals surface area (Å²) in [6, 6.07) is 9.09. The Bertz CT molecular complexity index is 1070. The van der Waals surface area contributed by atoms with E-state index in [0.717, 1.165) is 23.6 Å². The van der Waals surface area contributed by atoms with Crippen molar-refractivity contribution in [2.75, 3.05) is 12.3 Å². The van der Waals surface area contributed by atoms with Crippen LogP contribution < -0.4 is 0 Å². The molecule has 3 aromatic rings. The molecule has 0 bridgehead atoms. The summed E-state index contributed by atoms with van der Waals surface area (Å²) in [5.41, 5.74) is 2.35. The lowest BCUT2D eigenvalue weighted by Crippen LogP contribution is -2.31. The van der Waals surface area contributed by atoms with E-state index in [-0.39, 0.29) is 11.8 Å². The molecule has 1 aliphatic carbocycles. The minimum Gasteiger partial charge on any atom is -0.410 e. The smallest absolute Gasteiger partial charge is 0.276 e. The van der Waals surface area contributed by atoms with Crippen molar-refractivity contribution >= 4 is 34.9 Å². The highest BCUT2D eigenvalue weighted by molar-refractivity contribution is 7.99. The highest BCUT2D eigenvalue weighted by Gasteiger charge is 2.34. The van der Waals surface area contributed by atoms with Gasteiger partial charge in [0.1, 0.15) is 0 Å². The Labute approximate surface area is 176 Å². The zero-order chi connectivity index (χ0) is 20.0. The van der Waals surface area contributed by atoms with Gasteiger partial charge in [-0.15, -0.1) is 21.5 Å². The molecule has 0 spiro atoms. The van der Waals surface area contributed by atoms with Crippen LogP contribution in [0.5, 0.6) is 0 Å². The summed E-state index contributed by atoms with van der Waals surface area (Å²) in [6.45, 7) is 2.59. The molecule has 0 saturated heterocycles. The van der Waals surface area contributed by atoms with Crippen molar-refractivity contribution in [2.24, 2.45) is 5.92 Å². The summed E-state index contributed by atoms with van der Waals surface area (Å²) in [7, 11) is 0. The summed E-state index contributed by atoms with van der Waals surface area (Å²) in [5, 5.41) is 8.76. The molecule has 8 heteroatoms. The van der Waals surface area contributed by atoms with Crippen LogP contribution in [0.4, 0.5) is 0 Å².